The lowest BCUT2D eigenvalue weighted by Gasteiger charge is -2.23. The van der Waals surface area contributed by atoms with Crippen molar-refractivity contribution in [1.29, 1.82) is 0 Å². The number of carbonyl (C=O) groups is 1. The van der Waals surface area contributed by atoms with Crippen LogP contribution in [-0.2, 0) is 15.1 Å². The molecular formula is C25H31N3O3. The minimum atomic E-state index is -0.467. The van der Waals surface area contributed by atoms with Crippen LogP contribution in [-0.4, -0.2) is 29.8 Å². The first-order valence-electron chi connectivity index (χ1n) is 10.9. The van der Waals surface area contributed by atoms with Crippen molar-refractivity contribution in [2.45, 2.75) is 51.0 Å². The molecule has 1 saturated heterocycles. The first kappa shape index (κ1) is 21.4. The quantitative estimate of drug-likeness (QED) is 0.709. The Bertz CT molecular complexity index is 935. The average Bonchev–Trinajstić information content (AvgIpc) is 3.06. The standard InChI is InChI=1S/C25H31N3O3/c1-24(2,3)20-10-12-21(13-11-20)26-23(29)30-28-16-7-14-25(15-17-28)18-22(27-31-25)19-8-5-4-6-9-19/h4-6,8-13,18,27H,7,14-17H2,1-3H3,(H,26,29). The van der Waals surface area contributed by atoms with Crippen LogP contribution >= 0.6 is 0 Å². The Labute approximate surface area is 184 Å². The van der Waals surface area contributed by atoms with E-state index in [1.54, 1.807) is 5.06 Å². The summed E-state index contributed by atoms with van der Waals surface area (Å²) in [5.74, 6) is 0. The van der Waals surface area contributed by atoms with Gasteiger partial charge in [0.15, 0.2) is 0 Å². The summed E-state index contributed by atoms with van der Waals surface area (Å²) in [6.07, 6.45) is 4.18. The van der Waals surface area contributed by atoms with Crippen molar-refractivity contribution >= 4 is 17.5 Å². The second kappa shape index (κ2) is 8.73. The van der Waals surface area contributed by atoms with Crippen LogP contribution in [0.3, 0.4) is 0 Å². The molecule has 2 aliphatic heterocycles. The number of benzene rings is 2. The van der Waals surface area contributed by atoms with E-state index in [4.69, 9.17) is 9.68 Å². The van der Waals surface area contributed by atoms with Crippen LogP contribution < -0.4 is 10.8 Å². The SMILES string of the molecule is CC(C)(C)c1ccc(NC(=O)ON2CCCC3(C=C(c4ccccc4)NO3)CC2)cc1. The van der Waals surface area contributed by atoms with Crippen LogP contribution in [0.4, 0.5) is 10.5 Å². The number of hydroxylamine groups is 3. The lowest BCUT2D eigenvalue weighted by molar-refractivity contribution is -0.0991. The van der Waals surface area contributed by atoms with Gasteiger partial charge in [0, 0.05) is 18.8 Å². The van der Waals surface area contributed by atoms with Gasteiger partial charge in [0.2, 0.25) is 0 Å². The Kier molecular flexibility index (Phi) is 6.03. The fourth-order valence-corrected chi connectivity index (χ4v) is 3.99. The number of nitrogens with zero attached hydrogens (tertiary/aromatic N) is 1. The van der Waals surface area contributed by atoms with E-state index in [-0.39, 0.29) is 11.0 Å². The molecule has 1 unspecified atom stereocenters. The van der Waals surface area contributed by atoms with Gasteiger partial charge in [-0.3, -0.25) is 15.6 Å². The van der Waals surface area contributed by atoms with E-state index in [1.807, 2.05) is 42.5 Å². The van der Waals surface area contributed by atoms with Gasteiger partial charge >= 0.3 is 6.09 Å². The molecule has 1 amide bonds. The predicted molar refractivity (Wildman–Crippen MR) is 122 cm³/mol. The molecule has 0 saturated carbocycles. The van der Waals surface area contributed by atoms with Crippen molar-refractivity contribution in [2.24, 2.45) is 0 Å². The number of carbonyl (C=O) groups excluding carboxylic acids is 1. The molecule has 2 aromatic rings. The van der Waals surface area contributed by atoms with E-state index < -0.39 is 6.09 Å². The summed E-state index contributed by atoms with van der Waals surface area (Å²) in [5.41, 5.74) is 6.83. The third-order valence-corrected chi connectivity index (χ3v) is 5.86. The monoisotopic (exact) mass is 421 g/mol. The lowest BCUT2D eigenvalue weighted by Crippen LogP contribution is -2.34. The fourth-order valence-electron chi connectivity index (χ4n) is 3.99. The molecule has 31 heavy (non-hydrogen) atoms. The summed E-state index contributed by atoms with van der Waals surface area (Å²) in [4.78, 5) is 24.0. The number of amides is 1. The van der Waals surface area contributed by atoms with Crippen molar-refractivity contribution in [1.82, 2.24) is 10.5 Å². The Hall–Kier alpha value is -2.83. The molecule has 2 aliphatic rings. The highest BCUT2D eigenvalue weighted by atomic mass is 16.7. The zero-order chi connectivity index (χ0) is 21.9. The molecule has 1 fully saturated rings. The normalized spacial score (nSPS) is 21.8. The van der Waals surface area contributed by atoms with Gasteiger partial charge in [0.25, 0.3) is 0 Å². The molecule has 6 heteroatoms. The van der Waals surface area contributed by atoms with E-state index in [0.717, 1.165) is 36.2 Å². The number of hydrogen-bond donors (Lipinski definition) is 2. The Balaban J connectivity index is 1.32. The van der Waals surface area contributed by atoms with Crippen LogP contribution in [0.15, 0.2) is 60.7 Å². The van der Waals surface area contributed by atoms with E-state index in [9.17, 15) is 4.79 Å². The van der Waals surface area contributed by atoms with Crippen LogP contribution in [0.2, 0.25) is 0 Å². The summed E-state index contributed by atoms with van der Waals surface area (Å²) in [6, 6.07) is 18.0. The Morgan fingerprint density at radius 1 is 1.06 bits per heavy atom. The molecule has 6 nitrogen and oxygen atoms in total. The third kappa shape index (κ3) is 5.27. The van der Waals surface area contributed by atoms with Crippen molar-refractivity contribution in [3.8, 4) is 0 Å². The van der Waals surface area contributed by atoms with Gasteiger partial charge < -0.3 is 4.84 Å². The molecule has 0 bridgehead atoms. The first-order valence-corrected chi connectivity index (χ1v) is 10.9. The van der Waals surface area contributed by atoms with E-state index in [1.165, 1.54) is 5.56 Å². The number of rotatable bonds is 3. The number of hydrogen-bond acceptors (Lipinski definition) is 5. The molecule has 0 aromatic heterocycles. The van der Waals surface area contributed by atoms with Crippen LogP contribution in [0.1, 0.15) is 51.2 Å². The number of nitrogens with one attached hydrogen (secondary N) is 2. The summed E-state index contributed by atoms with van der Waals surface area (Å²) < 4.78 is 0. The molecule has 0 radical (unpaired) electrons. The highest BCUT2D eigenvalue weighted by molar-refractivity contribution is 5.84. The van der Waals surface area contributed by atoms with Gasteiger partial charge in [-0.1, -0.05) is 63.2 Å². The van der Waals surface area contributed by atoms with Crippen molar-refractivity contribution in [2.75, 3.05) is 18.4 Å². The summed E-state index contributed by atoms with van der Waals surface area (Å²) >= 11 is 0. The molecule has 2 aromatic carbocycles. The topological polar surface area (TPSA) is 62.8 Å². The third-order valence-electron chi connectivity index (χ3n) is 5.86. The van der Waals surface area contributed by atoms with Crippen molar-refractivity contribution in [3.63, 3.8) is 0 Å². The molecule has 164 valence electrons. The second-order valence-electron chi connectivity index (χ2n) is 9.31. The van der Waals surface area contributed by atoms with Crippen molar-refractivity contribution in [3.05, 3.63) is 71.8 Å². The minimum Gasteiger partial charge on any atom is -0.351 e. The first-order chi connectivity index (χ1) is 14.8. The van der Waals surface area contributed by atoms with Gasteiger partial charge in [-0.2, -0.15) is 0 Å². The number of anilines is 1. The lowest BCUT2D eigenvalue weighted by atomic mass is 9.87. The maximum absolute atomic E-state index is 12.4. The fraction of sp³-hybridized carbons (Fsp3) is 0.400. The van der Waals surface area contributed by atoms with Crippen LogP contribution in [0, 0.1) is 0 Å². The van der Waals surface area contributed by atoms with Crippen molar-refractivity contribution < 1.29 is 14.5 Å². The van der Waals surface area contributed by atoms with Crippen LogP contribution in [0.25, 0.3) is 5.70 Å². The molecule has 2 heterocycles. The van der Waals surface area contributed by atoms with Gasteiger partial charge in [-0.25, -0.2) is 4.79 Å². The van der Waals surface area contributed by atoms with Crippen LogP contribution in [0.5, 0.6) is 0 Å². The highest BCUT2D eigenvalue weighted by Crippen LogP contribution is 2.34. The van der Waals surface area contributed by atoms with Gasteiger partial charge in [0.05, 0.1) is 5.70 Å². The van der Waals surface area contributed by atoms with Gasteiger partial charge in [0.1, 0.15) is 5.60 Å². The molecule has 1 atom stereocenters. The zero-order valence-electron chi connectivity index (χ0n) is 18.5. The minimum absolute atomic E-state index is 0.0764. The second-order valence-corrected chi connectivity index (χ2v) is 9.31. The summed E-state index contributed by atoms with van der Waals surface area (Å²) in [5, 5.41) is 4.55. The summed E-state index contributed by atoms with van der Waals surface area (Å²) in [6.45, 7) is 7.78. The molecule has 2 N–H and O–H groups in total. The zero-order valence-corrected chi connectivity index (χ0v) is 18.5. The van der Waals surface area contributed by atoms with E-state index >= 15 is 0 Å². The molecule has 1 spiro atoms. The largest absolute Gasteiger partial charge is 0.430 e. The Morgan fingerprint density at radius 3 is 2.52 bits per heavy atom. The predicted octanol–water partition coefficient (Wildman–Crippen LogP) is 5.25. The molecule has 0 aliphatic carbocycles. The van der Waals surface area contributed by atoms with E-state index in [2.05, 4.69) is 49.8 Å². The van der Waals surface area contributed by atoms with Gasteiger partial charge in [-0.15, -0.1) is 5.06 Å². The van der Waals surface area contributed by atoms with E-state index in [0.29, 0.717) is 13.1 Å². The van der Waals surface area contributed by atoms with Gasteiger partial charge in [-0.05, 0) is 54.0 Å². The maximum atomic E-state index is 12.4. The summed E-state index contributed by atoms with van der Waals surface area (Å²) in [7, 11) is 0. The maximum Gasteiger partial charge on any atom is 0.430 e. The Morgan fingerprint density at radius 2 is 1.81 bits per heavy atom. The average molecular weight is 422 g/mol. The smallest absolute Gasteiger partial charge is 0.351 e. The highest BCUT2D eigenvalue weighted by Gasteiger charge is 2.37. The molecule has 4 rings (SSSR count). The molecular weight excluding hydrogens is 390 g/mol.